The molecule has 1 aromatic carbocycles. The van der Waals surface area contributed by atoms with Crippen molar-refractivity contribution in [3.63, 3.8) is 0 Å². The molecule has 1 aliphatic heterocycles. The minimum absolute atomic E-state index is 0.00782. The Balaban J connectivity index is 2.54. The number of anilines is 1. The van der Waals surface area contributed by atoms with Gasteiger partial charge in [0, 0.05) is 11.3 Å². The van der Waals surface area contributed by atoms with E-state index in [0.717, 1.165) is 11.3 Å². The average molecular weight is 193 g/mol. The van der Waals surface area contributed by atoms with E-state index in [0.29, 0.717) is 17.9 Å². The van der Waals surface area contributed by atoms with Crippen LogP contribution in [-0.2, 0) is 11.2 Å². The number of fused-ring (bicyclic) bond motifs is 1. The number of nitrogens with one attached hydrogen (secondary N) is 1. The van der Waals surface area contributed by atoms with Crippen molar-refractivity contribution in [1.29, 1.82) is 0 Å². The molecule has 74 valence electrons. The minimum atomic E-state index is -0.00782. The minimum Gasteiger partial charge on any atom is -0.493 e. The van der Waals surface area contributed by atoms with Crippen LogP contribution in [0, 0.1) is 0 Å². The summed E-state index contributed by atoms with van der Waals surface area (Å²) in [5, 5.41) is 2.75. The van der Waals surface area contributed by atoms with Gasteiger partial charge in [-0.25, -0.2) is 0 Å². The number of hydrogen-bond donors (Lipinski definition) is 1. The van der Waals surface area contributed by atoms with Crippen LogP contribution in [0.15, 0.2) is 12.1 Å². The molecule has 0 saturated carbocycles. The number of benzene rings is 1. The first-order valence-electron chi connectivity index (χ1n) is 4.30. The normalized spacial score (nSPS) is 13.4. The Morgan fingerprint density at radius 3 is 2.71 bits per heavy atom. The van der Waals surface area contributed by atoms with E-state index < -0.39 is 0 Å². The molecule has 0 spiro atoms. The summed E-state index contributed by atoms with van der Waals surface area (Å²) in [5.41, 5.74) is 1.68. The van der Waals surface area contributed by atoms with Crippen molar-refractivity contribution < 1.29 is 14.3 Å². The van der Waals surface area contributed by atoms with Gasteiger partial charge in [-0.1, -0.05) is 0 Å². The molecule has 1 aliphatic rings. The van der Waals surface area contributed by atoms with Crippen molar-refractivity contribution in [3.8, 4) is 11.5 Å². The highest BCUT2D eigenvalue weighted by Crippen LogP contribution is 2.38. The van der Waals surface area contributed by atoms with Gasteiger partial charge in [-0.2, -0.15) is 0 Å². The molecule has 0 saturated heterocycles. The van der Waals surface area contributed by atoms with E-state index >= 15 is 0 Å². The first-order valence-corrected chi connectivity index (χ1v) is 4.30. The predicted molar refractivity (Wildman–Crippen MR) is 51.9 cm³/mol. The van der Waals surface area contributed by atoms with E-state index in [1.165, 1.54) is 0 Å². The van der Waals surface area contributed by atoms with Crippen molar-refractivity contribution in [2.45, 2.75) is 6.42 Å². The van der Waals surface area contributed by atoms with Gasteiger partial charge in [0.15, 0.2) is 11.5 Å². The molecule has 0 atom stereocenters. The third-order valence-corrected chi connectivity index (χ3v) is 2.26. The van der Waals surface area contributed by atoms with Crippen LogP contribution in [0.3, 0.4) is 0 Å². The highest BCUT2D eigenvalue weighted by molar-refractivity contribution is 6.00. The van der Waals surface area contributed by atoms with Gasteiger partial charge in [0.1, 0.15) is 0 Å². The molecular weight excluding hydrogens is 182 g/mol. The smallest absolute Gasteiger partial charge is 0.229 e. The lowest BCUT2D eigenvalue weighted by molar-refractivity contribution is -0.115. The van der Waals surface area contributed by atoms with E-state index in [2.05, 4.69) is 5.32 Å². The molecule has 0 radical (unpaired) electrons. The first kappa shape index (κ1) is 8.87. The van der Waals surface area contributed by atoms with Gasteiger partial charge in [0.05, 0.1) is 20.6 Å². The fraction of sp³-hybridized carbons (Fsp3) is 0.300. The van der Waals surface area contributed by atoms with Gasteiger partial charge < -0.3 is 14.8 Å². The Kier molecular flexibility index (Phi) is 2.04. The quantitative estimate of drug-likeness (QED) is 0.767. The third kappa shape index (κ3) is 1.19. The van der Waals surface area contributed by atoms with Crippen LogP contribution in [0.25, 0.3) is 0 Å². The Bertz CT molecular complexity index is 387. The second-order valence-corrected chi connectivity index (χ2v) is 3.05. The fourth-order valence-electron chi connectivity index (χ4n) is 1.64. The molecule has 2 rings (SSSR count). The molecule has 1 heterocycles. The summed E-state index contributed by atoms with van der Waals surface area (Å²) in [6.45, 7) is 0. The number of ether oxygens (including phenoxy) is 2. The molecule has 0 aromatic heterocycles. The van der Waals surface area contributed by atoms with Crippen molar-refractivity contribution in [2.75, 3.05) is 19.5 Å². The second kappa shape index (κ2) is 3.21. The topological polar surface area (TPSA) is 47.6 Å². The Morgan fingerprint density at radius 2 is 2.07 bits per heavy atom. The van der Waals surface area contributed by atoms with E-state index in [1.54, 1.807) is 20.3 Å². The average Bonchev–Trinajstić information content (AvgIpc) is 2.56. The Hall–Kier alpha value is -1.71. The summed E-state index contributed by atoms with van der Waals surface area (Å²) in [4.78, 5) is 11.2. The van der Waals surface area contributed by atoms with Crippen LogP contribution in [0.2, 0.25) is 0 Å². The lowest BCUT2D eigenvalue weighted by Gasteiger charge is -2.10. The summed E-state index contributed by atoms with van der Waals surface area (Å²) in [7, 11) is 3.15. The summed E-state index contributed by atoms with van der Waals surface area (Å²) < 4.78 is 10.3. The van der Waals surface area contributed by atoms with Crippen LogP contribution in [-0.4, -0.2) is 20.1 Å². The number of carbonyl (C=O) groups is 1. The van der Waals surface area contributed by atoms with Gasteiger partial charge in [-0.15, -0.1) is 0 Å². The highest BCUT2D eigenvalue weighted by Gasteiger charge is 2.23. The standard InChI is InChI=1S/C10H11NO3/c1-13-8-4-3-7-6(10(8)14-2)5-9(12)11-7/h3-4H,5H2,1-2H3,(H,11,12). The highest BCUT2D eigenvalue weighted by atomic mass is 16.5. The molecule has 4 nitrogen and oxygen atoms in total. The molecule has 4 heteroatoms. The molecule has 0 unspecified atom stereocenters. The lowest BCUT2D eigenvalue weighted by atomic mass is 10.1. The van der Waals surface area contributed by atoms with Crippen molar-refractivity contribution in [1.82, 2.24) is 0 Å². The molecule has 1 amide bonds. The molecular formula is C10H11NO3. The number of methoxy groups -OCH3 is 2. The van der Waals surface area contributed by atoms with Crippen LogP contribution >= 0.6 is 0 Å². The zero-order valence-corrected chi connectivity index (χ0v) is 8.09. The number of hydrogen-bond acceptors (Lipinski definition) is 3. The second-order valence-electron chi connectivity index (χ2n) is 3.05. The maximum atomic E-state index is 11.2. The number of rotatable bonds is 2. The van der Waals surface area contributed by atoms with Gasteiger partial charge in [0.2, 0.25) is 5.91 Å². The maximum Gasteiger partial charge on any atom is 0.229 e. The summed E-state index contributed by atoms with van der Waals surface area (Å²) in [5.74, 6) is 1.29. The van der Waals surface area contributed by atoms with E-state index in [-0.39, 0.29) is 5.91 Å². The van der Waals surface area contributed by atoms with Crippen molar-refractivity contribution >= 4 is 11.6 Å². The van der Waals surface area contributed by atoms with Gasteiger partial charge in [-0.3, -0.25) is 4.79 Å². The van der Waals surface area contributed by atoms with Crippen LogP contribution in [0.1, 0.15) is 5.56 Å². The molecule has 0 bridgehead atoms. The molecule has 0 aliphatic carbocycles. The van der Waals surface area contributed by atoms with Gasteiger partial charge >= 0.3 is 0 Å². The largest absolute Gasteiger partial charge is 0.493 e. The predicted octanol–water partition coefficient (Wildman–Crippen LogP) is 1.20. The Labute approximate surface area is 81.8 Å². The van der Waals surface area contributed by atoms with Gasteiger partial charge in [-0.05, 0) is 12.1 Å². The number of carbonyl (C=O) groups excluding carboxylic acids is 1. The first-order chi connectivity index (χ1) is 6.76. The monoisotopic (exact) mass is 193 g/mol. The SMILES string of the molecule is COc1ccc2c(c1OC)CC(=O)N2. The zero-order chi connectivity index (χ0) is 10.1. The van der Waals surface area contributed by atoms with Crippen molar-refractivity contribution in [3.05, 3.63) is 17.7 Å². The lowest BCUT2D eigenvalue weighted by Crippen LogP contribution is -2.03. The third-order valence-electron chi connectivity index (χ3n) is 2.26. The molecule has 0 fully saturated rings. The van der Waals surface area contributed by atoms with E-state index in [9.17, 15) is 4.79 Å². The number of amides is 1. The van der Waals surface area contributed by atoms with Crippen LogP contribution in [0.4, 0.5) is 5.69 Å². The summed E-state index contributed by atoms with van der Waals surface area (Å²) in [6, 6.07) is 3.60. The molecule has 1 aromatic rings. The van der Waals surface area contributed by atoms with Gasteiger partial charge in [0.25, 0.3) is 0 Å². The van der Waals surface area contributed by atoms with Crippen LogP contribution < -0.4 is 14.8 Å². The molecule has 1 N–H and O–H groups in total. The summed E-state index contributed by atoms with van der Waals surface area (Å²) >= 11 is 0. The van der Waals surface area contributed by atoms with E-state index in [4.69, 9.17) is 9.47 Å². The Morgan fingerprint density at radius 1 is 1.29 bits per heavy atom. The van der Waals surface area contributed by atoms with Crippen molar-refractivity contribution in [2.24, 2.45) is 0 Å². The van der Waals surface area contributed by atoms with E-state index in [1.807, 2.05) is 6.07 Å². The summed E-state index contributed by atoms with van der Waals surface area (Å²) in [6.07, 6.45) is 0.357. The maximum absolute atomic E-state index is 11.2. The van der Waals surface area contributed by atoms with Crippen LogP contribution in [0.5, 0.6) is 11.5 Å². The fourth-order valence-corrected chi connectivity index (χ4v) is 1.64. The molecule has 14 heavy (non-hydrogen) atoms. The zero-order valence-electron chi connectivity index (χ0n) is 8.09.